The smallest absolute Gasteiger partial charge is 0.0486 e. The van der Waals surface area contributed by atoms with Gasteiger partial charge in [0.05, 0.1) is 0 Å². The fraction of sp³-hybridized carbons (Fsp3) is 0.0909. The first-order chi connectivity index (χ1) is 5.92. The summed E-state index contributed by atoms with van der Waals surface area (Å²) >= 11 is 5.77. The van der Waals surface area contributed by atoms with Crippen LogP contribution >= 0.6 is 11.6 Å². The molecule has 0 amide bonds. The molecule has 0 fully saturated rings. The molecule has 0 aliphatic carbocycles. The summed E-state index contributed by atoms with van der Waals surface area (Å²) in [6.45, 7) is 0. The summed E-state index contributed by atoms with van der Waals surface area (Å²) in [6, 6.07) is 15.3. The summed E-state index contributed by atoms with van der Waals surface area (Å²) in [4.78, 5) is 0. The number of alkyl halides is 1. The van der Waals surface area contributed by atoms with Gasteiger partial charge in [-0.15, -0.1) is 11.6 Å². The lowest BCUT2D eigenvalue weighted by atomic mass is 10.1. The second kappa shape index (κ2) is 3.16. The Hall–Kier alpha value is -1.01. The average Bonchev–Trinajstić information content (AvgIpc) is 2.17. The van der Waals surface area contributed by atoms with Crippen molar-refractivity contribution in [3.05, 3.63) is 48.0 Å². The first-order valence-corrected chi connectivity index (χ1v) is 4.39. The lowest BCUT2D eigenvalue weighted by Gasteiger charge is -2.00. The molecule has 0 aliphatic rings. The van der Waals surface area contributed by atoms with Crippen LogP contribution in [0.3, 0.4) is 0 Å². The minimum Gasteiger partial charge on any atom is -0.122 e. The molecule has 59 valence electrons. The van der Waals surface area contributed by atoms with E-state index in [-0.39, 0.29) is 0 Å². The van der Waals surface area contributed by atoms with Gasteiger partial charge in [-0.25, -0.2) is 0 Å². The van der Waals surface area contributed by atoms with Crippen LogP contribution in [0, 0.1) is 6.07 Å². The fourth-order valence-corrected chi connectivity index (χ4v) is 1.56. The molecule has 0 aromatic heterocycles. The topological polar surface area (TPSA) is 0 Å². The van der Waals surface area contributed by atoms with E-state index in [9.17, 15) is 0 Å². The third-order valence-electron chi connectivity index (χ3n) is 1.94. The van der Waals surface area contributed by atoms with E-state index in [2.05, 4.69) is 18.2 Å². The van der Waals surface area contributed by atoms with Gasteiger partial charge >= 0.3 is 0 Å². The summed E-state index contributed by atoms with van der Waals surface area (Å²) in [5.74, 6) is 0.529. The monoisotopic (exact) mass is 175 g/mol. The van der Waals surface area contributed by atoms with Gasteiger partial charge in [0.1, 0.15) is 0 Å². The van der Waals surface area contributed by atoms with Gasteiger partial charge in [-0.3, -0.25) is 0 Å². The molecule has 0 aliphatic heterocycles. The number of fused-ring (bicyclic) bond motifs is 1. The minimum absolute atomic E-state index is 0.529. The summed E-state index contributed by atoms with van der Waals surface area (Å²) in [5, 5.41) is 2.43. The normalized spacial score (nSPS) is 10.4. The predicted octanol–water partition coefficient (Wildman–Crippen LogP) is 3.38. The Balaban J connectivity index is 2.79. The first kappa shape index (κ1) is 7.63. The molecule has 0 unspecified atom stereocenters. The maximum atomic E-state index is 5.77. The SMILES string of the molecule is ClCc1[c]ccc2ccccc12. The molecule has 0 bridgehead atoms. The van der Waals surface area contributed by atoms with E-state index in [4.69, 9.17) is 11.6 Å². The molecule has 1 radical (unpaired) electrons. The summed E-state index contributed by atoms with van der Waals surface area (Å²) in [6.07, 6.45) is 0. The Labute approximate surface area is 76.8 Å². The van der Waals surface area contributed by atoms with E-state index < -0.39 is 0 Å². The first-order valence-electron chi connectivity index (χ1n) is 3.86. The lowest BCUT2D eigenvalue weighted by molar-refractivity contribution is 1.44. The van der Waals surface area contributed by atoms with Gasteiger partial charge in [0.15, 0.2) is 0 Å². The fourth-order valence-electron chi connectivity index (χ4n) is 1.34. The Kier molecular flexibility index (Phi) is 2.01. The maximum Gasteiger partial charge on any atom is 0.0486 e. The van der Waals surface area contributed by atoms with Gasteiger partial charge < -0.3 is 0 Å². The number of rotatable bonds is 1. The molecule has 0 N–H and O–H groups in total. The molecule has 0 nitrogen and oxygen atoms in total. The third kappa shape index (κ3) is 1.19. The third-order valence-corrected chi connectivity index (χ3v) is 2.21. The molecule has 0 atom stereocenters. The molecule has 1 heteroatoms. The largest absolute Gasteiger partial charge is 0.122 e. The van der Waals surface area contributed by atoms with Crippen LogP contribution in [-0.2, 0) is 5.88 Å². The van der Waals surface area contributed by atoms with Crippen molar-refractivity contribution >= 4 is 22.4 Å². The van der Waals surface area contributed by atoms with E-state index in [0.717, 1.165) is 5.56 Å². The molecular formula is C11H8Cl. The van der Waals surface area contributed by atoms with Crippen molar-refractivity contribution in [3.63, 3.8) is 0 Å². The van der Waals surface area contributed by atoms with Crippen LogP contribution in [-0.4, -0.2) is 0 Å². The highest BCUT2D eigenvalue weighted by Crippen LogP contribution is 2.18. The minimum atomic E-state index is 0.529. The zero-order valence-electron chi connectivity index (χ0n) is 6.55. The van der Waals surface area contributed by atoms with E-state index >= 15 is 0 Å². The van der Waals surface area contributed by atoms with Crippen molar-refractivity contribution in [2.24, 2.45) is 0 Å². The molecule has 2 rings (SSSR count). The molecule has 2 aromatic carbocycles. The molecule has 0 saturated carbocycles. The maximum absolute atomic E-state index is 5.77. The van der Waals surface area contributed by atoms with Crippen LogP contribution in [0.5, 0.6) is 0 Å². The van der Waals surface area contributed by atoms with Gasteiger partial charge in [-0.05, 0) is 22.4 Å². The average molecular weight is 176 g/mol. The lowest BCUT2D eigenvalue weighted by Crippen LogP contribution is -1.80. The zero-order chi connectivity index (χ0) is 8.39. The van der Waals surface area contributed by atoms with E-state index in [1.807, 2.05) is 24.3 Å². The van der Waals surface area contributed by atoms with Gasteiger partial charge in [0.25, 0.3) is 0 Å². The second-order valence-electron chi connectivity index (χ2n) is 2.68. The van der Waals surface area contributed by atoms with Crippen LogP contribution in [0.25, 0.3) is 10.8 Å². The molecule has 0 saturated heterocycles. The Morgan fingerprint density at radius 2 is 2.00 bits per heavy atom. The summed E-state index contributed by atoms with van der Waals surface area (Å²) in [7, 11) is 0. The van der Waals surface area contributed by atoms with Crippen LogP contribution in [0.4, 0.5) is 0 Å². The number of halogens is 1. The number of hydrogen-bond donors (Lipinski definition) is 0. The summed E-state index contributed by atoms with van der Waals surface area (Å²) in [5.41, 5.74) is 1.08. The van der Waals surface area contributed by atoms with Crippen LogP contribution in [0.1, 0.15) is 5.56 Å². The van der Waals surface area contributed by atoms with Gasteiger partial charge in [-0.1, -0.05) is 36.4 Å². The van der Waals surface area contributed by atoms with Crippen molar-refractivity contribution < 1.29 is 0 Å². The molecule has 0 spiro atoms. The second-order valence-corrected chi connectivity index (χ2v) is 2.94. The van der Waals surface area contributed by atoms with Crippen molar-refractivity contribution in [2.45, 2.75) is 5.88 Å². The van der Waals surface area contributed by atoms with Crippen LogP contribution in [0.15, 0.2) is 36.4 Å². The highest BCUT2D eigenvalue weighted by Gasteiger charge is 1.97. The zero-order valence-corrected chi connectivity index (χ0v) is 7.31. The molecular weight excluding hydrogens is 168 g/mol. The summed E-state index contributed by atoms with van der Waals surface area (Å²) < 4.78 is 0. The Morgan fingerprint density at radius 1 is 1.17 bits per heavy atom. The predicted molar refractivity (Wildman–Crippen MR) is 52.3 cm³/mol. The van der Waals surface area contributed by atoms with Crippen molar-refractivity contribution in [2.75, 3.05) is 0 Å². The van der Waals surface area contributed by atoms with Crippen LogP contribution < -0.4 is 0 Å². The van der Waals surface area contributed by atoms with Gasteiger partial charge in [0, 0.05) is 5.88 Å². The highest BCUT2D eigenvalue weighted by molar-refractivity contribution is 6.18. The molecule has 0 heterocycles. The van der Waals surface area contributed by atoms with E-state index in [0.29, 0.717) is 5.88 Å². The van der Waals surface area contributed by atoms with Gasteiger partial charge in [-0.2, -0.15) is 0 Å². The van der Waals surface area contributed by atoms with Gasteiger partial charge in [0.2, 0.25) is 0 Å². The molecule has 2 aromatic rings. The van der Waals surface area contributed by atoms with Crippen LogP contribution in [0.2, 0.25) is 0 Å². The van der Waals surface area contributed by atoms with E-state index in [1.165, 1.54) is 10.8 Å². The Bertz CT molecular complexity index is 388. The number of benzene rings is 2. The highest BCUT2D eigenvalue weighted by atomic mass is 35.5. The standard InChI is InChI=1S/C11H8Cl/c12-8-10-6-3-5-9-4-1-2-7-11(9)10/h1-5,7H,8H2. The van der Waals surface area contributed by atoms with Crippen molar-refractivity contribution in [1.82, 2.24) is 0 Å². The van der Waals surface area contributed by atoms with Crippen molar-refractivity contribution in [3.8, 4) is 0 Å². The van der Waals surface area contributed by atoms with E-state index in [1.54, 1.807) is 0 Å². The van der Waals surface area contributed by atoms with Crippen molar-refractivity contribution in [1.29, 1.82) is 0 Å². The quantitative estimate of drug-likeness (QED) is 0.583. The molecule has 12 heavy (non-hydrogen) atoms. The number of hydrogen-bond acceptors (Lipinski definition) is 0. The Morgan fingerprint density at radius 3 is 2.83 bits per heavy atom.